The van der Waals surface area contributed by atoms with Crippen LogP contribution in [0.5, 0.6) is 0 Å². The van der Waals surface area contributed by atoms with Crippen molar-refractivity contribution >= 4 is 22.5 Å². The molecule has 0 saturated heterocycles. The molecule has 0 unspecified atom stereocenters. The highest BCUT2D eigenvalue weighted by Crippen LogP contribution is 2.23. The van der Waals surface area contributed by atoms with Crippen molar-refractivity contribution in [3.05, 3.63) is 40.5 Å². The molecule has 2 rings (SSSR count). The van der Waals surface area contributed by atoms with E-state index in [1.165, 1.54) is 0 Å². The van der Waals surface area contributed by atoms with E-state index >= 15 is 0 Å². The van der Waals surface area contributed by atoms with E-state index in [1.807, 2.05) is 25.1 Å². The van der Waals surface area contributed by atoms with Gasteiger partial charge in [0.15, 0.2) is 0 Å². The van der Waals surface area contributed by atoms with Gasteiger partial charge in [0.2, 0.25) is 0 Å². The Morgan fingerprint density at radius 2 is 2.21 bits per heavy atom. The molecule has 0 aliphatic carbocycles. The minimum absolute atomic E-state index is 0.518. The standard InChI is InChI=1S/C11H11ClN2/c1-7-10(12)3-2-9-4-8(5-13)6-14-11(7)9/h2-4,6H,5,13H2,1H3. The van der Waals surface area contributed by atoms with Crippen LogP contribution in [0.2, 0.25) is 5.02 Å². The molecule has 0 fully saturated rings. The Bertz CT molecular complexity index is 480. The number of benzene rings is 1. The number of nitrogens with zero attached hydrogens (tertiary/aromatic N) is 1. The number of hydrogen-bond donors (Lipinski definition) is 1. The van der Waals surface area contributed by atoms with Crippen LogP contribution in [0, 0.1) is 6.92 Å². The largest absolute Gasteiger partial charge is 0.326 e. The fraction of sp³-hybridized carbons (Fsp3) is 0.182. The zero-order valence-electron chi connectivity index (χ0n) is 7.92. The van der Waals surface area contributed by atoms with Gasteiger partial charge >= 0.3 is 0 Å². The Hall–Kier alpha value is -1.12. The van der Waals surface area contributed by atoms with Gasteiger partial charge < -0.3 is 5.73 Å². The van der Waals surface area contributed by atoms with Gasteiger partial charge in [0.05, 0.1) is 5.52 Å². The van der Waals surface area contributed by atoms with E-state index in [0.29, 0.717) is 6.54 Å². The molecular formula is C11H11ClN2. The van der Waals surface area contributed by atoms with Gasteiger partial charge in [-0.25, -0.2) is 0 Å². The third-order valence-corrected chi connectivity index (χ3v) is 2.74. The third kappa shape index (κ3) is 1.47. The number of nitrogens with two attached hydrogens (primary N) is 1. The van der Waals surface area contributed by atoms with Gasteiger partial charge in [-0.1, -0.05) is 17.7 Å². The quantitative estimate of drug-likeness (QED) is 0.779. The molecule has 0 atom stereocenters. The first-order valence-electron chi connectivity index (χ1n) is 4.46. The molecule has 3 heteroatoms. The van der Waals surface area contributed by atoms with Gasteiger partial charge in [0, 0.05) is 23.2 Å². The minimum atomic E-state index is 0.518. The molecular weight excluding hydrogens is 196 g/mol. The molecule has 1 aromatic carbocycles. The Morgan fingerprint density at radius 3 is 2.93 bits per heavy atom. The second kappa shape index (κ2) is 3.56. The van der Waals surface area contributed by atoms with Crippen LogP contribution in [0.1, 0.15) is 11.1 Å². The predicted molar refractivity (Wildman–Crippen MR) is 59.4 cm³/mol. The number of aryl methyl sites for hydroxylation is 1. The van der Waals surface area contributed by atoms with E-state index in [-0.39, 0.29) is 0 Å². The highest BCUT2D eigenvalue weighted by atomic mass is 35.5. The molecule has 2 N–H and O–H groups in total. The van der Waals surface area contributed by atoms with Crippen LogP contribution in [0.15, 0.2) is 24.4 Å². The lowest BCUT2D eigenvalue weighted by Crippen LogP contribution is -1.97. The van der Waals surface area contributed by atoms with Crippen molar-refractivity contribution in [2.24, 2.45) is 5.73 Å². The SMILES string of the molecule is Cc1c(Cl)ccc2cc(CN)cnc12. The average Bonchev–Trinajstić information content (AvgIpc) is 2.23. The first kappa shape index (κ1) is 9.44. The Morgan fingerprint density at radius 1 is 1.43 bits per heavy atom. The Kier molecular flexibility index (Phi) is 2.40. The van der Waals surface area contributed by atoms with Gasteiger partial charge in [-0.05, 0) is 30.2 Å². The first-order valence-corrected chi connectivity index (χ1v) is 4.84. The van der Waals surface area contributed by atoms with Crippen molar-refractivity contribution in [2.45, 2.75) is 13.5 Å². The van der Waals surface area contributed by atoms with E-state index in [4.69, 9.17) is 17.3 Å². The Labute approximate surface area is 87.7 Å². The summed E-state index contributed by atoms with van der Waals surface area (Å²) in [7, 11) is 0. The normalized spacial score (nSPS) is 10.8. The maximum Gasteiger partial charge on any atom is 0.0746 e. The van der Waals surface area contributed by atoms with Gasteiger partial charge in [-0.2, -0.15) is 0 Å². The van der Waals surface area contributed by atoms with Crippen molar-refractivity contribution in [1.82, 2.24) is 4.98 Å². The summed E-state index contributed by atoms with van der Waals surface area (Å²) in [6, 6.07) is 5.91. The van der Waals surface area contributed by atoms with Crippen LogP contribution in [-0.4, -0.2) is 4.98 Å². The number of pyridine rings is 1. The van der Waals surface area contributed by atoms with E-state index in [9.17, 15) is 0 Å². The number of aromatic nitrogens is 1. The smallest absolute Gasteiger partial charge is 0.0746 e. The third-order valence-electron chi connectivity index (χ3n) is 2.33. The first-order chi connectivity index (χ1) is 6.72. The van der Waals surface area contributed by atoms with E-state index in [1.54, 1.807) is 6.20 Å². The van der Waals surface area contributed by atoms with Crippen LogP contribution >= 0.6 is 11.6 Å². The molecule has 1 aromatic heterocycles. The fourth-order valence-corrected chi connectivity index (χ4v) is 1.63. The maximum absolute atomic E-state index is 6.00. The molecule has 0 bridgehead atoms. The summed E-state index contributed by atoms with van der Waals surface area (Å²) in [6.45, 7) is 2.49. The molecule has 0 aliphatic rings. The van der Waals surface area contributed by atoms with E-state index < -0.39 is 0 Å². The molecule has 2 aromatic rings. The number of rotatable bonds is 1. The topological polar surface area (TPSA) is 38.9 Å². The van der Waals surface area contributed by atoms with E-state index in [0.717, 1.165) is 27.1 Å². The lowest BCUT2D eigenvalue weighted by molar-refractivity contribution is 1.06. The van der Waals surface area contributed by atoms with Gasteiger partial charge in [0.1, 0.15) is 0 Å². The second-order valence-electron chi connectivity index (χ2n) is 3.29. The second-order valence-corrected chi connectivity index (χ2v) is 3.70. The zero-order chi connectivity index (χ0) is 10.1. The minimum Gasteiger partial charge on any atom is -0.326 e. The monoisotopic (exact) mass is 206 g/mol. The summed E-state index contributed by atoms with van der Waals surface area (Å²) in [5.74, 6) is 0. The molecule has 0 saturated carbocycles. The number of fused-ring (bicyclic) bond motifs is 1. The molecule has 14 heavy (non-hydrogen) atoms. The number of hydrogen-bond acceptors (Lipinski definition) is 2. The van der Waals surface area contributed by atoms with E-state index in [2.05, 4.69) is 4.98 Å². The summed E-state index contributed by atoms with van der Waals surface area (Å²) in [5, 5.41) is 1.85. The van der Waals surface area contributed by atoms with Crippen molar-refractivity contribution in [3.63, 3.8) is 0 Å². The average molecular weight is 207 g/mol. The highest BCUT2D eigenvalue weighted by Gasteiger charge is 2.03. The summed E-state index contributed by atoms with van der Waals surface area (Å²) in [5.41, 5.74) is 8.56. The van der Waals surface area contributed by atoms with Crippen LogP contribution in [0.4, 0.5) is 0 Å². The summed E-state index contributed by atoms with van der Waals surface area (Å²) in [6.07, 6.45) is 1.80. The van der Waals surface area contributed by atoms with Crippen LogP contribution < -0.4 is 5.73 Å². The molecule has 0 aliphatic heterocycles. The van der Waals surface area contributed by atoms with Crippen LogP contribution in [0.25, 0.3) is 10.9 Å². The highest BCUT2D eigenvalue weighted by molar-refractivity contribution is 6.32. The summed E-state index contributed by atoms with van der Waals surface area (Å²) < 4.78 is 0. The van der Waals surface area contributed by atoms with Crippen molar-refractivity contribution in [2.75, 3.05) is 0 Å². The lowest BCUT2D eigenvalue weighted by Gasteiger charge is -2.04. The zero-order valence-corrected chi connectivity index (χ0v) is 8.67. The molecule has 72 valence electrons. The summed E-state index contributed by atoms with van der Waals surface area (Å²) in [4.78, 5) is 4.35. The molecule has 0 amide bonds. The molecule has 2 nitrogen and oxygen atoms in total. The molecule has 0 spiro atoms. The van der Waals surface area contributed by atoms with Crippen LogP contribution in [0.3, 0.4) is 0 Å². The van der Waals surface area contributed by atoms with Crippen molar-refractivity contribution in [1.29, 1.82) is 0 Å². The molecule has 1 heterocycles. The number of halogens is 1. The molecule has 0 radical (unpaired) electrons. The lowest BCUT2D eigenvalue weighted by atomic mass is 10.1. The van der Waals surface area contributed by atoms with Gasteiger partial charge in [-0.3, -0.25) is 4.98 Å². The fourth-order valence-electron chi connectivity index (χ4n) is 1.48. The maximum atomic E-state index is 6.00. The Balaban J connectivity index is 2.74. The van der Waals surface area contributed by atoms with Crippen LogP contribution in [-0.2, 0) is 6.54 Å². The van der Waals surface area contributed by atoms with Gasteiger partial charge in [0.25, 0.3) is 0 Å². The van der Waals surface area contributed by atoms with Crippen molar-refractivity contribution in [3.8, 4) is 0 Å². The predicted octanol–water partition coefficient (Wildman–Crippen LogP) is 2.66. The summed E-state index contributed by atoms with van der Waals surface area (Å²) >= 11 is 6.00. The van der Waals surface area contributed by atoms with Gasteiger partial charge in [-0.15, -0.1) is 0 Å². The van der Waals surface area contributed by atoms with Crippen molar-refractivity contribution < 1.29 is 0 Å².